The van der Waals surface area contributed by atoms with E-state index in [-0.39, 0.29) is 5.92 Å². The number of piperazine rings is 1. The fraction of sp³-hybridized carbons (Fsp3) is 0.500. The van der Waals surface area contributed by atoms with Gasteiger partial charge in [-0.1, -0.05) is 12.1 Å². The minimum Gasteiger partial charge on any atom is -0.368 e. The number of hydrogen-bond donors (Lipinski definition) is 0. The summed E-state index contributed by atoms with van der Waals surface area (Å²) in [6.45, 7) is 11.3. The summed E-state index contributed by atoms with van der Waals surface area (Å²) in [5.41, 5.74) is 4.73. The highest BCUT2D eigenvalue weighted by Crippen LogP contribution is 2.27. The number of rotatable bonds is 3. The number of nitrogens with zero attached hydrogens (tertiary/aromatic N) is 7. The highest BCUT2D eigenvalue weighted by molar-refractivity contribution is 5.79. The molecule has 0 aliphatic carbocycles. The Morgan fingerprint density at radius 3 is 2.38 bits per heavy atom. The van der Waals surface area contributed by atoms with Crippen LogP contribution in [0.15, 0.2) is 30.3 Å². The first kappa shape index (κ1) is 20.7. The Hall–Kier alpha value is -3.16. The third-order valence-corrected chi connectivity index (χ3v) is 7.08. The summed E-state index contributed by atoms with van der Waals surface area (Å²) in [6.07, 6.45) is 1.74. The van der Waals surface area contributed by atoms with E-state index < -0.39 is 0 Å². The lowest BCUT2D eigenvalue weighted by Crippen LogP contribution is -2.52. The molecule has 0 bridgehead atoms. The quantitative estimate of drug-likeness (QED) is 0.633. The van der Waals surface area contributed by atoms with Crippen LogP contribution in [-0.4, -0.2) is 69.9 Å². The van der Waals surface area contributed by atoms with Crippen LogP contribution in [0.25, 0.3) is 5.65 Å². The van der Waals surface area contributed by atoms with Crippen LogP contribution in [-0.2, 0) is 4.79 Å². The van der Waals surface area contributed by atoms with Crippen molar-refractivity contribution in [3.63, 3.8) is 0 Å². The fourth-order valence-corrected chi connectivity index (χ4v) is 4.91. The summed E-state index contributed by atoms with van der Waals surface area (Å²) in [7, 11) is 0. The zero-order valence-electron chi connectivity index (χ0n) is 19.2. The predicted molar refractivity (Wildman–Crippen MR) is 125 cm³/mol. The second-order valence-corrected chi connectivity index (χ2v) is 9.00. The first-order valence-corrected chi connectivity index (χ1v) is 11.6. The van der Waals surface area contributed by atoms with Gasteiger partial charge in [-0.05, 0) is 62.9 Å². The molecule has 1 amide bonds. The van der Waals surface area contributed by atoms with Crippen molar-refractivity contribution in [3.05, 3.63) is 47.3 Å². The van der Waals surface area contributed by atoms with Gasteiger partial charge in [-0.15, -0.1) is 15.3 Å². The lowest BCUT2D eigenvalue weighted by atomic mass is 9.95. The molecular weight excluding hydrogens is 402 g/mol. The number of anilines is 2. The number of piperidine rings is 1. The topological polar surface area (TPSA) is 69.9 Å². The number of amides is 1. The molecule has 5 rings (SSSR count). The summed E-state index contributed by atoms with van der Waals surface area (Å²) in [5, 5.41) is 12.9. The maximum Gasteiger partial charge on any atom is 0.225 e. The molecule has 32 heavy (non-hydrogen) atoms. The first-order chi connectivity index (χ1) is 15.5. The van der Waals surface area contributed by atoms with Gasteiger partial charge in [0.2, 0.25) is 5.91 Å². The molecule has 8 nitrogen and oxygen atoms in total. The van der Waals surface area contributed by atoms with Crippen molar-refractivity contribution in [3.8, 4) is 0 Å². The Morgan fingerprint density at radius 2 is 1.62 bits per heavy atom. The average Bonchev–Trinajstić information content (AvgIpc) is 3.21. The van der Waals surface area contributed by atoms with E-state index in [4.69, 9.17) is 0 Å². The largest absolute Gasteiger partial charge is 0.368 e. The van der Waals surface area contributed by atoms with Crippen LogP contribution in [0.3, 0.4) is 0 Å². The van der Waals surface area contributed by atoms with Crippen LogP contribution in [0, 0.1) is 26.7 Å². The van der Waals surface area contributed by atoms with E-state index in [0.29, 0.717) is 5.91 Å². The van der Waals surface area contributed by atoms with Crippen LogP contribution in [0.5, 0.6) is 0 Å². The van der Waals surface area contributed by atoms with Gasteiger partial charge >= 0.3 is 0 Å². The predicted octanol–water partition coefficient (Wildman–Crippen LogP) is 2.61. The molecule has 2 aliphatic rings. The molecule has 0 radical (unpaired) electrons. The molecular formula is C24H31N7O. The highest BCUT2D eigenvalue weighted by Gasteiger charge is 2.31. The zero-order valence-corrected chi connectivity index (χ0v) is 19.2. The molecule has 3 aromatic rings. The van der Waals surface area contributed by atoms with Gasteiger partial charge in [0.1, 0.15) is 5.82 Å². The summed E-state index contributed by atoms with van der Waals surface area (Å²) >= 11 is 0. The molecule has 4 heterocycles. The average molecular weight is 434 g/mol. The van der Waals surface area contributed by atoms with E-state index >= 15 is 0 Å². The molecule has 0 N–H and O–H groups in total. The van der Waals surface area contributed by atoms with Gasteiger partial charge in [0.15, 0.2) is 11.5 Å². The van der Waals surface area contributed by atoms with E-state index in [2.05, 4.69) is 62.0 Å². The summed E-state index contributed by atoms with van der Waals surface area (Å²) < 4.78 is 1.78. The number of carbonyl (C=O) groups excluding carboxylic acids is 1. The molecule has 0 saturated carbocycles. The first-order valence-electron chi connectivity index (χ1n) is 11.6. The Labute approximate surface area is 188 Å². The fourth-order valence-electron chi connectivity index (χ4n) is 4.91. The third kappa shape index (κ3) is 3.78. The standard InChI is InChI=1S/C24H31N7O/c1-17-5-4-6-21(18(17)2)28-13-15-30(16-14-28)24(32)20-9-11-29(12-10-20)23-8-7-22-26-25-19(3)31(22)27-23/h4-8,20H,9-16H2,1-3H3. The third-order valence-electron chi connectivity index (χ3n) is 7.08. The zero-order chi connectivity index (χ0) is 22.2. The normalized spacial score (nSPS) is 17.9. The van der Waals surface area contributed by atoms with Gasteiger partial charge in [-0.2, -0.15) is 4.52 Å². The second kappa shape index (κ2) is 8.41. The summed E-state index contributed by atoms with van der Waals surface area (Å²) in [6, 6.07) is 10.4. The van der Waals surface area contributed by atoms with Crippen molar-refractivity contribution in [2.45, 2.75) is 33.6 Å². The molecule has 2 fully saturated rings. The van der Waals surface area contributed by atoms with Crippen molar-refractivity contribution in [2.75, 3.05) is 49.1 Å². The Bertz CT molecular complexity index is 1120. The van der Waals surface area contributed by atoms with Crippen molar-refractivity contribution in [1.29, 1.82) is 0 Å². The lowest BCUT2D eigenvalue weighted by Gasteiger charge is -2.40. The van der Waals surface area contributed by atoms with Gasteiger partial charge in [0.05, 0.1) is 0 Å². The van der Waals surface area contributed by atoms with Gasteiger partial charge in [-0.25, -0.2) is 0 Å². The number of fused-ring (bicyclic) bond motifs is 1. The van der Waals surface area contributed by atoms with E-state index in [1.807, 2.05) is 19.1 Å². The molecule has 8 heteroatoms. The van der Waals surface area contributed by atoms with Crippen LogP contribution in [0.1, 0.15) is 29.8 Å². The molecule has 2 saturated heterocycles. The van der Waals surface area contributed by atoms with E-state index in [1.54, 1.807) is 4.52 Å². The molecule has 1 aromatic carbocycles. The van der Waals surface area contributed by atoms with Crippen LogP contribution >= 0.6 is 0 Å². The van der Waals surface area contributed by atoms with Gasteiger partial charge in [-0.3, -0.25) is 4.79 Å². The van der Waals surface area contributed by atoms with Crippen molar-refractivity contribution in [1.82, 2.24) is 24.7 Å². The Kier molecular flexibility index (Phi) is 5.45. The van der Waals surface area contributed by atoms with E-state index in [0.717, 1.165) is 69.4 Å². The van der Waals surface area contributed by atoms with Crippen molar-refractivity contribution >= 4 is 23.1 Å². The Balaban J connectivity index is 1.17. The number of benzene rings is 1. The maximum absolute atomic E-state index is 13.2. The van der Waals surface area contributed by atoms with Crippen LogP contribution < -0.4 is 9.80 Å². The SMILES string of the molecule is Cc1cccc(N2CCN(C(=O)C3CCN(c4ccc5nnc(C)n5n4)CC3)CC2)c1C. The van der Waals surface area contributed by atoms with E-state index in [9.17, 15) is 4.79 Å². The van der Waals surface area contributed by atoms with Crippen molar-refractivity contribution < 1.29 is 4.79 Å². The second-order valence-electron chi connectivity index (χ2n) is 9.00. The minimum atomic E-state index is 0.110. The maximum atomic E-state index is 13.2. The van der Waals surface area contributed by atoms with Crippen LogP contribution in [0.4, 0.5) is 11.5 Å². The summed E-state index contributed by atoms with van der Waals surface area (Å²) in [5.74, 6) is 2.14. The number of aromatic nitrogens is 4. The number of aryl methyl sites for hydroxylation is 2. The number of hydrogen-bond acceptors (Lipinski definition) is 6. The minimum absolute atomic E-state index is 0.110. The molecule has 0 atom stereocenters. The smallest absolute Gasteiger partial charge is 0.225 e. The molecule has 0 unspecified atom stereocenters. The van der Waals surface area contributed by atoms with Gasteiger partial charge in [0, 0.05) is 50.9 Å². The number of carbonyl (C=O) groups is 1. The summed E-state index contributed by atoms with van der Waals surface area (Å²) in [4.78, 5) is 20.0. The van der Waals surface area contributed by atoms with Gasteiger partial charge < -0.3 is 14.7 Å². The van der Waals surface area contributed by atoms with E-state index in [1.165, 1.54) is 16.8 Å². The van der Waals surface area contributed by atoms with Crippen molar-refractivity contribution in [2.24, 2.45) is 5.92 Å². The molecule has 0 spiro atoms. The molecule has 2 aromatic heterocycles. The van der Waals surface area contributed by atoms with Gasteiger partial charge in [0.25, 0.3) is 0 Å². The molecule has 168 valence electrons. The molecule has 2 aliphatic heterocycles. The lowest BCUT2D eigenvalue weighted by molar-refractivity contribution is -0.136. The highest BCUT2D eigenvalue weighted by atomic mass is 16.2. The monoisotopic (exact) mass is 433 g/mol. The Morgan fingerprint density at radius 1 is 0.875 bits per heavy atom. The van der Waals surface area contributed by atoms with Crippen LogP contribution in [0.2, 0.25) is 0 Å².